The van der Waals surface area contributed by atoms with Crippen LogP contribution >= 0.6 is 24.0 Å². The molecule has 126 valence electrons. The number of alkyl halides is 3. The quantitative estimate of drug-likeness (QED) is 0.402. The second kappa shape index (κ2) is 9.67. The number of halogens is 4. The third-order valence-corrected chi connectivity index (χ3v) is 3.34. The second-order valence-electron chi connectivity index (χ2n) is 4.72. The van der Waals surface area contributed by atoms with Crippen molar-refractivity contribution in [1.29, 1.82) is 0 Å². The maximum atomic E-state index is 12.1. The molecule has 0 aromatic rings. The predicted octanol–water partition coefficient (Wildman–Crippen LogP) is 1.92. The summed E-state index contributed by atoms with van der Waals surface area (Å²) in [5.74, 6) is 0.345. The molecular formula is C12H23F3IN3O2. The highest BCUT2D eigenvalue weighted by atomic mass is 127. The summed E-state index contributed by atoms with van der Waals surface area (Å²) in [6, 6.07) is 0. The fourth-order valence-electron chi connectivity index (χ4n) is 1.98. The lowest BCUT2D eigenvalue weighted by molar-refractivity contribution is -0.132. The van der Waals surface area contributed by atoms with Crippen molar-refractivity contribution >= 4 is 29.9 Å². The molecule has 0 spiro atoms. The van der Waals surface area contributed by atoms with Gasteiger partial charge in [-0.25, -0.2) is 0 Å². The minimum absolute atomic E-state index is 0. The van der Waals surface area contributed by atoms with Gasteiger partial charge in [0.15, 0.2) is 5.96 Å². The SMILES string of the molecule is CN=C(NCCC(F)(F)F)NCC1(OC)CCOCC1.I. The summed E-state index contributed by atoms with van der Waals surface area (Å²) in [6.45, 7) is 1.52. The minimum Gasteiger partial charge on any atom is -0.381 e. The molecule has 1 heterocycles. The monoisotopic (exact) mass is 425 g/mol. The molecule has 2 N–H and O–H groups in total. The van der Waals surface area contributed by atoms with Gasteiger partial charge in [-0.05, 0) is 0 Å². The summed E-state index contributed by atoms with van der Waals surface area (Å²) in [4.78, 5) is 3.90. The van der Waals surface area contributed by atoms with Crippen LogP contribution in [-0.2, 0) is 9.47 Å². The molecule has 0 saturated carbocycles. The zero-order valence-corrected chi connectivity index (χ0v) is 14.6. The Bertz CT molecular complexity index is 321. The zero-order chi connectivity index (χ0) is 15.1. The van der Waals surface area contributed by atoms with Gasteiger partial charge in [0, 0.05) is 53.3 Å². The molecule has 0 amide bonds. The normalized spacial score (nSPS) is 18.8. The van der Waals surface area contributed by atoms with Crippen LogP contribution in [0, 0.1) is 0 Å². The summed E-state index contributed by atoms with van der Waals surface area (Å²) in [5.41, 5.74) is -0.347. The molecule has 0 bridgehead atoms. The molecular weight excluding hydrogens is 402 g/mol. The van der Waals surface area contributed by atoms with E-state index in [2.05, 4.69) is 15.6 Å². The maximum Gasteiger partial charge on any atom is 0.390 e. The van der Waals surface area contributed by atoms with E-state index in [1.54, 1.807) is 7.11 Å². The van der Waals surface area contributed by atoms with E-state index >= 15 is 0 Å². The van der Waals surface area contributed by atoms with Gasteiger partial charge in [0.2, 0.25) is 0 Å². The number of nitrogens with one attached hydrogen (secondary N) is 2. The Kier molecular flexibility index (Phi) is 9.54. The Morgan fingerprint density at radius 3 is 2.38 bits per heavy atom. The van der Waals surface area contributed by atoms with Crippen molar-refractivity contribution in [2.45, 2.75) is 31.0 Å². The minimum atomic E-state index is -4.17. The summed E-state index contributed by atoms with van der Waals surface area (Å²) in [6.07, 6.45) is -3.57. The van der Waals surface area contributed by atoms with Gasteiger partial charge >= 0.3 is 6.18 Å². The van der Waals surface area contributed by atoms with Gasteiger partial charge in [-0.2, -0.15) is 13.2 Å². The van der Waals surface area contributed by atoms with Gasteiger partial charge in [-0.3, -0.25) is 4.99 Å². The Morgan fingerprint density at radius 1 is 1.29 bits per heavy atom. The second-order valence-corrected chi connectivity index (χ2v) is 4.72. The lowest BCUT2D eigenvalue weighted by atomic mass is 9.94. The first-order chi connectivity index (χ1) is 9.41. The van der Waals surface area contributed by atoms with E-state index in [1.165, 1.54) is 7.05 Å². The van der Waals surface area contributed by atoms with Crippen LogP contribution in [0.2, 0.25) is 0 Å². The number of hydrogen-bond donors (Lipinski definition) is 2. The number of aliphatic imine (C=N–C) groups is 1. The van der Waals surface area contributed by atoms with E-state index in [-0.39, 0.29) is 36.1 Å². The highest BCUT2D eigenvalue weighted by molar-refractivity contribution is 14.0. The van der Waals surface area contributed by atoms with E-state index in [0.29, 0.717) is 25.7 Å². The van der Waals surface area contributed by atoms with Crippen LogP contribution in [0.1, 0.15) is 19.3 Å². The maximum absolute atomic E-state index is 12.1. The predicted molar refractivity (Wildman–Crippen MR) is 85.2 cm³/mol. The molecule has 1 saturated heterocycles. The summed E-state index contributed by atoms with van der Waals surface area (Å²) >= 11 is 0. The van der Waals surface area contributed by atoms with E-state index in [1.807, 2.05) is 0 Å². The molecule has 0 atom stereocenters. The highest BCUT2D eigenvalue weighted by Crippen LogP contribution is 2.23. The number of nitrogens with zero attached hydrogens (tertiary/aromatic N) is 1. The van der Waals surface area contributed by atoms with Crippen molar-refractivity contribution < 1.29 is 22.6 Å². The van der Waals surface area contributed by atoms with E-state index in [0.717, 1.165) is 12.8 Å². The number of guanidine groups is 1. The Morgan fingerprint density at radius 2 is 1.90 bits per heavy atom. The van der Waals surface area contributed by atoms with Crippen LogP contribution < -0.4 is 10.6 Å². The summed E-state index contributed by atoms with van der Waals surface area (Å²) < 4.78 is 47.0. The van der Waals surface area contributed by atoms with Gasteiger partial charge in [-0.1, -0.05) is 0 Å². The van der Waals surface area contributed by atoms with E-state index < -0.39 is 12.6 Å². The third-order valence-electron chi connectivity index (χ3n) is 3.34. The molecule has 1 aliphatic heterocycles. The summed E-state index contributed by atoms with van der Waals surface area (Å²) in [7, 11) is 3.15. The zero-order valence-electron chi connectivity index (χ0n) is 12.3. The van der Waals surface area contributed by atoms with E-state index in [4.69, 9.17) is 9.47 Å². The fourth-order valence-corrected chi connectivity index (χ4v) is 1.98. The molecule has 0 aliphatic carbocycles. The van der Waals surface area contributed by atoms with E-state index in [9.17, 15) is 13.2 Å². The van der Waals surface area contributed by atoms with Crippen LogP contribution in [0.5, 0.6) is 0 Å². The first-order valence-electron chi connectivity index (χ1n) is 6.55. The van der Waals surface area contributed by atoms with Crippen molar-refractivity contribution in [3.8, 4) is 0 Å². The Balaban J connectivity index is 0.00000400. The largest absolute Gasteiger partial charge is 0.390 e. The Hall–Kier alpha value is -0.290. The average molecular weight is 425 g/mol. The van der Waals surface area contributed by atoms with Gasteiger partial charge in [0.1, 0.15) is 0 Å². The number of rotatable bonds is 5. The molecule has 21 heavy (non-hydrogen) atoms. The summed E-state index contributed by atoms with van der Waals surface area (Å²) in [5, 5.41) is 5.65. The van der Waals surface area contributed by atoms with Crippen LogP contribution in [-0.4, -0.2) is 58.2 Å². The number of hydrogen-bond acceptors (Lipinski definition) is 3. The molecule has 1 aliphatic rings. The number of ether oxygens (including phenoxy) is 2. The molecule has 5 nitrogen and oxygen atoms in total. The van der Waals surface area contributed by atoms with Crippen molar-refractivity contribution in [2.24, 2.45) is 4.99 Å². The average Bonchev–Trinajstić information content (AvgIpc) is 2.42. The molecule has 9 heteroatoms. The van der Waals surface area contributed by atoms with Crippen LogP contribution in [0.4, 0.5) is 13.2 Å². The van der Waals surface area contributed by atoms with Crippen molar-refractivity contribution in [1.82, 2.24) is 10.6 Å². The Labute approximate surface area is 140 Å². The molecule has 1 rings (SSSR count). The third kappa shape index (κ3) is 8.05. The van der Waals surface area contributed by atoms with Gasteiger partial charge in [0.05, 0.1) is 12.0 Å². The first-order valence-corrected chi connectivity index (χ1v) is 6.55. The smallest absolute Gasteiger partial charge is 0.381 e. The fraction of sp³-hybridized carbons (Fsp3) is 0.917. The highest BCUT2D eigenvalue weighted by Gasteiger charge is 2.32. The van der Waals surface area contributed by atoms with Gasteiger partial charge < -0.3 is 20.1 Å². The lowest BCUT2D eigenvalue weighted by Crippen LogP contribution is -2.51. The lowest BCUT2D eigenvalue weighted by Gasteiger charge is -2.36. The standard InChI is InChI=1S/C12H22F3N3O2.HI/c1-16-10(17-6-3-12(13,14)15)18-9-11(19-2)4-7-20-8-5-11;/h3-9H2,1-2H3,(H2,16,17,18);1H. The van der Waals surface area contributed by atoms with Crippen molar-refractivity contribution in [3.63, 3.8) is 0 Å². The van der Waals surface area contributed by atoms with Crippen LogP contribution in [0.3, 0.4) is 0 Å². The van der Waals surface area contributed by atoms with Crippen molar-refractivity contribution in [3.05, 3.63) is 0 Å². The molecule has 0 aromatic carbocycles. The first kappa shape index (κ1) is 20.7. The van der Waals surface area contributed by atoms with Gasteiger partial charge in [-0.15, -0.1) is 24.0 Å². The number of methoxy groups -OCH3 is 1. The van der Waals surface area contributed by atoms with Crippen molar-refractivity contribution in [2.75, 3.05) is 40.5 Å². The topological polar surface area (TPSA) is 54.9 Å². The van der Waals surface area contributed by atoms with Crippen LogP contribution in [0.15, 0.2) is 4.99 Å². The molecule has 0 aromatic heterocycles. The molecule has 0 radical (unpaired) electrons. The molecule has 0 unspecified atom stereocenters. The van der Waals surface area contributed by atoms with Gasteiger partial charge in [0.25, 0.3) is 0 Å². The van der Waals surface area contributed by atoms with Crippen LogP contribution in [0.25, 0.3) is 0 Å². The molecule has 1 fully saturated rings.